The highest BCUT2D eigenvalue weighted by atomic mass is 19.4. The van der Waals surface area contributed by atoms with Gasteiger partial charge in [0.1, 0.15) is 0 Å². The number of hydrogen-bond acceptors (Lipinski definition) is 2. The fourth-order valence-electron chi connectivity index (χ4n) is 2.97. The van der Waals surface area contributed by atoms with Gasteiger partial charge in [-0.3, -0.25) is 0 Å². The molecule has 0 bridgehead atoms. The average Bonchev–Trinajstić information content (AvgIpc) is 2.86. The zero-order valence-corrected chi connectivity index (χ0v) is 11.9. The first-order chi connectivity index (χ1) is 9.34. The molecular formula is C15H21F3N2. The summed E-state index contributed by atoms with van der Waals surface area (Å²) < 4.78 is 39.8. The molecule has 0 saturated carbocycles. The van der Waals surface area contributed by atoms with Crippen LogP contribution in [0.5, 0.6) is 0 Å². The van der Waals surface area contributed by atoms with Crippen LogP contribution in [0.2, 0.25) is 0 Å². The van der Waals surface area contributed by atoms with Gasteiger partial charge in [-0.25, -0.2) is 0 Å². The van der Waals surface area contributed by atoms with Crippen LogP contribution in [0.25, 0.3) is 0 Å². The van der Waals surface area contributed by atoms with Crippen molar-refractivity contribution in [1.29, 1.82) is 0 Å². The van der Waals surface area contributed by atoms with Crippen molar-refractivity contribution in [2.24, 2.45) is 11.7 Å². The summed E-state index contributed by atoms with van der Waals surface area (Å²) >= 11 is 0. The molecule has 112 valence electrons. The Labute approximate surface area is 117 Å². The van der Waals surface area contributed by atoms with Gasteiger partial charge in [-0.1, -0.05) is 19.9 Å². The molecule has 0 aromatic heterocycles. The maximum atomic E-state index is 13.3. The molecule has 1 atom stereocenters. The van der Waals surface area contributed by atoms with Gasteiger partial charge in [0.05, 0.1) is 5.56 Å². The predicted molar refractivity (Wildman–Crippen MR) is 74.5 cm³/mol. The van der Waals surface area contributed by atoms with Crippen molar-refractivity contribution in [2.75, 3.05) is 11.4 Å². The SMILES string of the molecule is CC(C)C1CCCN1c1ccc(CN)cc1C(F)(F)F. The summed E-state index contributed by atoms with van der Waals surface area (Å²) in [5.74, 6) is 0.341. The molecule has 1 saturated heterocycles. The minimum atomic E-state index is -4.34. The van der Waals surface area contributed by atoms with Crippen molar-refractivity contribution in [1.82, 2.24) is 0 Å². The third-order valence-electron chi connectivity index (χ3n) is 3.98. The standard InChI is InChI=1S/C15H21F3N2/c1-10(2)13-4-3-7-20(13)14-6-5-11(9-19)8-12(14)15(16,17)18/h5-6,8,10,13H,3-4,7,9,19H2,1-2H3. The number of hydrogen-bond donors (Lipinski definition) is 1. The van der Waals surface area contributed by atoms with E-state index in [4.69, 9.17) is 5.73 Å². The van der Waals surface area contributed by atoms with E-state index in [1.54, 1.807) is 12.1 Å². The molecule has 1 fully saturated rings. The average molecular weight is 286 g/mol. The molecule has 0 amide bonds. The number of benzene rings is 1. The lowest BCUT2D eigenvalue weighted by Gasteiger charge is -2.32. The highest BCUT2D eigenvalue weighted by molar-refractivity contribution is 5.58. The van der Waals surface area contributed by atoms with Crippen molar-refractivity contribution in [2.45, 2.75) is 45.5 Å². The Kier molecular flexibility index (Phi) is 4.28. The summed E-state index contributed by atoms with van der Waals surface area (Å²) in [5, 5.41) is 0. The number of nitrogens with zero attached hydrogens (tertiary/aromatic N) is 1. The van der Waals surface area contributed by atoms with Crippen molar-refractivity contribution in [3.8, 4) is 0 Å². The Balaban J connectivity index is 2.45. The zero-order chi connectivity index (χ0) is 14.9. The molecule has 1 unspecified atom stereocenters. The summed E-state index contributed by atoms with van der Waals surface area (Å²) in [6, 6.07) is 4.64. The molecule has 2 nitrogen and oxygen atoms in total. The molecule has 2 rings (SSSR count). The van der Waals surface area contributed by atoms with Crippen molar-refractivity contribution in [3.05, 3.63) is 29.3 Å². The van der Waals surface area contributed by atoms with Gasteiger partial charge in [0, 0.05) is 24.8 Å². The highest BCUT2D eigenvalue weighted by Gasteiger charge is 2.38. The van der Waals surface area contributed by atoms with Crippen LogP contribution >= 0.6 is 0 Å². The molecular weight excluding hydrogens is 265 g/mol. The van der Waals surface area contributed by atoms with Crippen LogP contribution in [-0.4, -0.2) is 12.6 Å². The highest BCUT2D eigenvalue weighted by Crippen LogP contribution is 2.40. The van der Waals surface area contributed by atoms with Gasteiger partial charge in [-0.2, -0.15) is 13.2 Å². The van der Waals surface area contributed by atoms with Gasteiger partial charge in [-0.05, 0) is 36.5 Å². The second-order valence-electron chi connectivity index (χ2n) is 5.70. The van der Waals surface area contributed by atoms with Gasteiger partial charge in [-0.15, -0.1) is 0 Å². The van der Waals surface area contributed by atoms with E-state index >= 15 is 0 Å². The van der Waals surface area contributed by atoms with E-state index in [-0.39, 0.29) is 12.6 Å². The van der Waals surface area contributed by atoms with E-state index in [0.29, 0.717) is 23.7 Å². The van der Waals surface area contributed by atoms with E-state index in [2.05, 4.69) is 13.8 Å². The Hall–Kier alpha value is -1.23. The van der Waals surface area contributed by atoms with E-state index in [0.717, 1.165) is 12.8 Å². The van der Waals surface area contributed by atoms with E-state index < -0.39 is 11.7 Å². The quantitative estimate of drug-likeness (QED) is 0.916. The molecule has 1 aromatic carbocycles. The fraction of sp³-hybridized carbons (Fsp3) is 0.600. The molecule has 5 heteroatoms. The molecule has 1 aliphatic rings. The minimum Gasteiger partial charge on any atom is -0.368 e. The number of nitrogens with two attached hydrogens (primary N) is 1. The van der Waals surface area contributed by atoms with Gasteiger partial charge < -0.3 is 10.6 Å². The van der Waals surface area contributed by atoms with Gasteiger partial charge in [0.25, 0.3) is 0 Å². The van der Waals surface area contributed by atoms with Crippen LogP contribution in [-0.2, 0) is 12.7 Å². The zero-order valence-electron chi connectivity index (χ0n) is 11.9. The molecule has 0 aliphatic carbocycles. The summed E-state index contributed by atoms with van der Waals surface area (Å²) in [7, 11) is 0. The Morgan fingerprint density at radius 2 is 2.05 bits per heavy atom. The number of halogens is 3. The van der Waals surface area contributed by atoms with Crippen molar-refractivity contribution >= 4 is 5.69 Å². The lowest BCUT2D eigenvalue weighted by molar-refractivity contribution is -0.137. The van der Waals surface area contributed by atoms with Gasteiger partial charge in [0.15, 0.2) is 0 Å². The Morgan fingerprint density at radius 3 is 2.60 bits per heavy atom. The largest absolute Gasteiger partial charge is 0.418 e. The molecule has 0 spiro atoms. The maximum Gasteiger partial charge on any atom is 0.418 e. The normalized spacial score (nSPS) is 19.9. The predicted octanol–water partition coefficient (Wildman–Crippen LogP) is 3.79. The van der Waals surface area contributed by atoms with Crippen LogP contribution in [0, 0.1) is 5.92 Å². The molecule has 20 heavy (non-hydrogen) atoms. The van der Waals surface area contributed by atoms with Crippen LogP contribution in [0.3, 0.4) is 0 Å². The van der Waals surface area contributed by atoms with Crippen LogP contribution in [0.15, 0.2) is 18.2 Å². The third-order valence-corrected chi connectivity index (χ3v) is 3.98. The summed E-state index contributed by atoms with van der Waals surface area (Å²) in [4.78, 5) is 1.91. The van der Waals surface area contributed by atoms with Gasteiger partial charge >= 0.3 is 6.18 Å². The monoisotopic (exact) mass is 286 g/mol. The summed E-state index contributed by atoms with van der Waals surface area (Å²) in [6.07, 6.45) is -2.45. The van der Waals surface area contributed by atoms with Crippen LogP contribution < -0.4 is 10.6 Å². The molecule has 1 heterocycles. The van der Waals surface area contributed by atoms with E-state index in [1.165, 1.54) is 6.07 Å². The first-order valence-electron chi connectivity index (χ1n) is 7.01. The lowest BCUT2D eigenvalue weighted by Crippen LogP contribution is -2.34. The van der Waals surface area contributed by atoms with E-state index in [9.17, 15) is 13.2 Å². The molecule has 1 aliphatic heterocycles. The van der Waals surface area contributed by atoms with E-state index in [1.807, 2.05) is 4.90 Å². The first kappa shape index (κ1) is 15.2. The first-order valence-corrected chi connectivity index (χ1v) is 7.01. The maximum absolute atomic E-state index is 13.3. The smallest absolute Gasteiger partial charge is 0.368 e. The molecule has 1 aromatic rings. The van der Waals surface area contributed by atoms with Gasteiger partial charge in [0.2, 0.25) is 0 Å². The number of rotatable bonds is 3. The second-order valence-corrected chi connectivity index (χ2v) is 5.70. The third kappa shape index (κ3) is 2.92. The van der Waals surface area contributed by atoms with Crippen LogP contribution in [0.1, 0.15) is 37.8 Å². The molecule has 2 N–H and O–H groups in total. The topological polar surface area (TPSA) is 29.3 Å². The summed E-state index contributed by atoms with van der Waals surface area (Å²) in [6.45, 7) is 4.93. The molecule has 0 radical (unpaired) electrons. The second kappa shape index (κ2) is 5.64. The fourth-order valence-corrected chi connectivity index (χ4v) is 2.97. The van der Waals surface area contributed by atoms with Crippen LogP contribution in [0.4, 0.5) is 18.9 Å². The lowest BCUT2D eigenvalue weighted by atomic mass is 10.00. The van der Waals surface area contributed by atoms with Crippen molar-refractivity contribution < 1.29 is 13.2 Å². The van der Waals surface area contributed by atoms with Crippen molar-refractivity contribution in [3.63, 3.8) is 0 Å². The number of alkyl halides is 3. The number of anilines is 1. The Morgan fingerprint density at radius 1 is 1.35 bits per heavy atom. The summed E-state index contributed by atoms with van der Waals surface area (Å²) in [5.41, 5.74) is 5.71. The Bertz CT molecular complexity index is 469. The minimum absolute atomic E-state index is 0.122.